The molecule has 0 radical (unpaired) electrons. The van der Waals surface area contributed by atoms with E-state index >= 15 is 0 Å². The monoisotopic (exact) mass is 172 g/mol. The van der Waals surface area contributed by atoms with Crippen molar-refractivity contribution in [3.63, 3.8) is 0 Å². The normalized spacial score (nSPS) is 11.0. The van der Waals surface area contributed by atoms with E-state index in [0.717, 1.165) is 17.4 Å². The van der Waals surface area contributed by atoms with E-state index in [-0.39, 0.29) is 0 Å². The van der Waals surface area contributed by atoms with Gasteiger partial charge in [-0.3, -0.25) is 0 Å². The Morgan fingerprint density at radius 2 is 2.18 bits per heavy atom. The number of nitrogens with zero attached hydrogens (tertiary/aromatic N) is 1. The van der Waals surface area contributed by atoms with E-state index in [1.54, 1.807) is 0 Å². The van der Waals surface area contributed by atoms with Crippen LogP contribution in [0.2, 0.25) is 5.15 Å². The summed E-state index contributed by atoms with van der Waals surface area (Å²) >= 11 is 5.78. The molecule has 0 saturated carbocycles. The highest BCUT2D eigenvalue weighted by Gasteiger charge is 2.02. The van der Waals surface area contributed by atoms with Gasteiger partial charge in [-0.2, -0.15) is 0 Å². The topological polar surface area (TPSA) is 19.0 Å². The van der Waals surface area contributed by atoms with Gasteiger partial charge < -0.3 is 9.88 Å². The summed E-state index contributed by atoms with van der Waals surface area (Å²) in [6.45, 7) is 2.97. The standard InChI is InChI=1S/C8H13ClN2/c1-6-7(5-11(2)3)4-8(9)10-6/h4,10H,5H2,1-3H3. The van der Waals surface area contributed by atoms with Crippen LogP contribution in [0.1, 0.15) is 11.3 Å². The second-order valence-electron chi connectivity index (χ2n) is 3.01. The molecule has 1 aromatic heterocycles. The first-order valence-corrected chi connectivity index (χ1v) is 3.96. The molecule has 1 aromatic rings. The van der Waals surface area contributed by atoms with Crippen molar-refractivity contribution < 1.29 is 0 Å². The van der Waals surface area contributed by atoms with Crippen molar-refractivity contribution in [3.05, 3.63) is 22.5 Å². The van der Waals surface area contributed by atoms with Gasteiger partial charge in [0.25, 0.3) is 0 Å². The van der Waals surface area contributed by atoms with Crippen molar-refractivity contribution in [2.45, 2.75) is 13.5 Å². The lowest BCUT2D eigenvalue weighted by atomic mass is 10.2. The minimum absolute atomic E-state index is 0.722. The smallest absolute Gasteiger partial charge is 0.106 e. The summed E-state index contributed by atoms with van der Waals surface area (Å²) in [7, 11) is 4.08. The molecule has 0 aromatic carbocycles. The second kappa shape index (κ2) is 3.28. The van der Waals surface area contributed by atoms with Gasteiger partial charge in [-0.05, 0) is 32.6 Å². The average Bonchev–Trinajstić information content (AvgIpc) is 2.09. The molecule has 0 spiro atoms. The Bertz CT molecular complexity index is 240. The van der Waals surface area contributed by atoms with Gasteiger partial charge in [0.1, 0.15) is 5.15 Å². The number of aryl methyl sites for hydroxylation is 1. The van der Waals surface area contributed by atoms with Gasteiger partial charge in [0.15, 0.2) is 0 Å². The predicted octanol–water partition coefficient (Wildman–Crippen LogP) is 2.04. The van der Waals surface area contributed by atoms with Crippen molar-refractivity contribution in [2.75, 3.05) is 14.1 Å². The fourth-order valence-corrected chi connectivity index (χ4v) is 1.34. The van der Waals surface area contributed by atoms with Crippen molar-refractivity contribution in [2.24, 2.45) is 0 Å². The molecule has 0 aliphatic rings. The molecule has 1 N–H and O–H groups in total. The molecule has 0 atom stereocenters. The maximum absolute atomic E-state index is 5.78. The molecule has 0 fully saturated rings. The molecule has 0 aliphatic carbocycles. The zero-order chi connectivity index (χ0) is 8.43. The molecule has 0 aliphatic heterocycles. The van der Waals surface area contributed by atoms with Gasteiger partial charge in [-0.15, -0.1) is 0 Å². The molecular weight excluding hydrogens is 160 g/mol. The number of aromatic nitrogens is 1. The van der Waals surface area contributed by atoms with Crippen LogP contribution in [0.15, 0.2) is 6.07 Å². The summed E-state index contributed by atoms with van der Waals surface area (Å²) in [4.78, 5) is 5.17. The molecular formula is C8H13ClN2. The minimum atomic E-state index is 0.722. The fraction of sp³-hybridized carbons (Fsp3) is 0.500. The van der Waals surface area contributed by atoms with Gasteiger partial charge >= 0.3 is 0 Å². The van der Waals surface area contributed by atoms with Crippen LogP contribution in [-0.2, 0) is 6.54 Å². The van der Waals surface area contributed by atoms with E-state index in [9.17, 15) is 0 Å². The van der Waals surface area contributed by atoms with E-state index in [1.807, 2.05) is 27.1 Å². The lowest BCUT2D eigenvalue weighted by molar-refractivity contribution is 0.401. The van der Waals surface area contributed by atoms with E-state index in [1.165, 1.54) is 5.56 Å². The van der Waals surface area contributed by atoms with Gasteiger partial charge in [-0.25, -0.2) is 0 Å². The summed E-state index contributed by atoms with van der Waals surface area (Å²) in [5.41, 5.74) is 2.42. The van der Waals surface area contributed by atoms with Crippen molar-refractivity contribution in [1.82, 2.24) is 9.88 Å². The first kappa shape index (κ1) is 8.62. The highest BCUT2D eigenvalue weighted by Crippen LogP contribution is 2.14. The highest BCUT2D eigenvalue weighted by atomic mass is 35.5. The van der Waals surface area contributed by atoms with Crippen LogP contribution in [0, 0.1) is 6.92 Å². The van der Waals surface area contributed by atoms with Gasteiger partial charge in [0.05, 0.1) is 0 Å². The Labute approximate surface area is 72.2 Å². The molecule has 0 amide bonds. The van der Waals surface area contributed by atoms with Crippen LogP contribution in [0.25, 0.3) is 0 Å². The SMILES string of the molecule is Cc1[nH]c(Cl)cc1CN(C)C. The molecule has 1 heterocycles. The molecule has 1 rings (SSSR count). The molecule has 3 heteroatoms. The number of nitrogens with one attached hydrogen (secondary N) is 1. The number of aromatic amines is 1. The Morgan fingerprint density at radius 1 is 1.55 bits per heavy atom. The van der Waals surface area contributed by atoms with Crippen molar-refractivity contribution >= 4 is 11.6 Å². The Kier molecular flexibility index (Phi) is 2.58. The van der Waals surface area contributed by atoms with Crippen molar-refractivity contribution in [3.8, 4) is 0 Å². The molecule has 11 heavy (non-hydrogen) atoms. The summed E-state index contributed by atoms with van der Waals surface area (Å²) < 4.78 is 0. The number of hydrogen-bond donors (Lipinski definition) is 1. The lowest BCUT2D eigenvalue weighted by Gasteiger charge is -2.07. The largest absolute Gasteiger partial charge is 0.350 e. The second-order valence-corrected chi connectivity index (χ2v) is 3.41. The van der Waals surface area contributed by atoms with Crippen LogP contribution in [0.5, 0.6) is 0 Å². The van der Waals surface area contributed by atoms with E-state index in [4.69, 9.17) is 11.6 Å². The zero-order valence-corrected chi connectivity index (χ0v) is 7.87. The van der Waals surface area contributed by atoms with E-state index in [0.29, 0.717) is 0 Å². The van der Waals surface area contributed by atoms with Crippen LogP contribution in [-0.4, -0.2) is 24.0 Å². The third-order valence-electron chi connectivity index (χ3n) is 1.58. The summed E-state index contributed by atoms with van der Waals surface area (Å²) in [5, 5.41) is 0.722. The zero-order valence-electron chi connectivity index (χ0n) is 7.11. The van der Waals surface area contributed by atoms with Crippen LogP contribution in [0.3, 0.4) is 0 Å². The maximum atomic E-state index is 5.78. The molecule has 0 bridgehead atoms. The van der Waals surface area contributed by atoms with Crippen LogP contribution < -0.4 is 0 Å². The number of halogens is 1. The quantitative estimate of drug-likeness (QED) is 0.724. The third-order valence-corrected chi connectivity index (χ3v) is 1.78. The molecule has 0 saturated heterocycles. The Morgan fingerprint density at radius 3 is 2.55 bits per heavy atom. The molecule has 62 valence electrons. The number of rotatable bonds is 2. The third kappa shape index (κ3) is 2.24. The first-order valence-electron chi connectivity index (χ1n) is 3.58. The molecule has 2 nitrogen and oxygen atoms in total. The van der Waals surface area contributed by atoms with Crippen LogP contribution >= 0.6 is 11.6 Å². The number of hydrogen-bond acceptors (Lipinski definition) is 1. The number of H-pyrrole nitrogens is 1. The van der Waals surface area contributed by atoms with Gasteiger partial charge in [0, 0.05) is 12.2 Å². The van der Waals surface area contributed by atoms with Crippen LogP contribution in [0.4, 0.5) is 0 Å². The summed E-state index contributed by atoms with van der Waals surface area (Å²) in [6.07, 6.45) is 0. The Hall–Kier alpha value is -0.470. The lowest BCUT2D eigenvalue weighted by Crippen LogP contribution is -2.10. The van der Waals surface area contributed by atoms with Gasteiger partial charge in [-0.1, -0.05) is 11.6 Å². The van der Waals surface area contributed by atoms with E-state index in [2.05, 4.69) is 9.88 Å². The predicted molar refractivity (Wildman–Crippen MR) is 47.9 cm³/mol. The molecule has 0 unspecified atom stereocenters. The first-order chi connectivity index (χ1) is 5.09. The van der Waals surface area contributed by atoms with Crippen molar-refractivity contribution in [1.29, 1.82) is 0 Å². The van der Waals surface area contributed by atoms with E-state index < -0.39 is 0 Å². The average molecular weight is 173 g/mol. The fourth-order valence-electron chi connectivity index (χ4n) is 1.06. The summed E-state index contributed by atoms with van der Waals surface area (Å²) in [5.74, 6) is 0. The van der Waals surface area contributed by atoms with Gasteiger partial charge in [0.2, 0.25) is 0 Å². The summed E-state index contributed by atoms with van der Waals surface area (Å²) in [6, 6.07) is 1.97. The maximum Gasteiger partial charge on any atom is 0.106 e. The minimum Gasteiger partial charge on any atom is -0.350 e. The highest BCUT2D eigenvalue weighted by molar-refractivity contribution is 6.29. The Balaban J connectivity index is 2.77.